The summed E-state index contributed by atoms with van der Waals surface area (Å²) >= 11 is 0. The van der Waals surface area contributed by atoms with Gasteiger partial charge in [-0.25, -0.2) is 8.42 Å². The van der Waals surface area contributed by atoms with Gasteiger partial charge in [-0.2, -0.15) is 0 Å². The normalized spacial score (nSPS) is 30.1. The van der Waals surface area contributed by atoms with Gasteiger partial charge in [0.15, 0.2) is 0 Å². The first-order valence-electron chi connectivity index (χ1n) is 7.45. The maximum atomic E-state index is 12.4. The minimum atomic E-state index is -3.36. The van der Waals surface area contributed by atoms with Gasteiger partial charge in [-0.1, -0.05) is 6.92 Å². The number of carbonyl (C=O) groups excluding carboxylic acids is 1. The SMILES string of the molecule is CC1CNCCC1NC(=O)C1=CN2CCS(=O)(=O)N=C2C=C1. The molecule has 3 aliphatic rings. The molecule has 3 rings (SSSR count). The van der Waals surface area contributed by atoms with Gasteiger partial charge in [0.05, 0.1) is 11.3 Å². The van der Waals surface area contributed by atoms with Crippen LogP contribution in [0.1, 0.15) is 13.3 Å². The molecule has 0 aliphatic carbocycles. The Hall–Kier alpha value is -1.67. The topological polar surface area (TPSA) is 90.9 Å². The third-order valence-electron chi connectivity index (χ3n) is 4.19. The van der Waals surface area contributed by atoms with Crippen LogP contribution in [0, 0.1) is 5.92 Å². The minimum absolute atomic E-state index is 0.0267. The van der Waals surface area contributed by atoms with Crippen molar-refractivity contribution in [3.63, 3.8) is 0 Å². The maximum absolute atomic E-state index is 12.4. The fourth-order valence-electron chi connectivity index (χ4n) is 2.82. The zero-order chi connectivity index (χ0) is 15.7. The lowest BCUT2D eigenvalue weighted by molar-refractivity contribution is -0.118. The smallest absolute Gasteiger partial charge is 0.256 e. The van der Waals surface area contributed by atoms with E-state index < -0.39 is 10.0 Å². The lowest BCUT2D eigenvalue weighted by Crippen LogP contribution is -2.49. The van der Waals surface area contributed by atoms with E-state index in [1.165, 1.54) is 0 Å². The summed E-state index contributed by atoms with van der Waals surface area (Å²) in [5.41, 5.74) is 0.531. The van der Waals surface area contributed by atoms with Crippen molar-refractivity contribution in [2.24, 2.45) is 10.3 Å². The molecule has 0 saturated carbocycles. The number of rotatable bonds is 2. The van der Waals surface area contributed by atoms with Crippen LogP contribution in [0.25, 0.3) is 0 Å². The molecule has 1 amide bonds. The van der Waals surface area contributed by atoms with Crippen LogP contribution in [0.3, 0.4) is 0 Å². The second-order valence-corrected chi connectivity index (χ2v) is 7.65. The van der Waals surface area contributed by atoms with Gasteiger partial charge in [0.2, 0.25) is 0 Å². The Bertz CT molecular complexity index is 666. The number of sulfonamides is 1. The van der Waals surface area contributed by atoms with Crippen LogP contribution in [-0.4, -0.2) is 56.5 Å². The van der Waals surface area contributed by atoms with Crippen molar-refractivity contribution >= 4 is 21.8 Å². The summed E-state index contributed by atoms with van der Waals surface area (Å²) in [7, 11) is -3.36. The Morgan fingerprint density at radius 1 is 1.45 bits per heavy atom. The summed E-state index contributed by atoms with van der Waals surface area (Å²) in [5.74, 6) is 0.616. The van der Waals surface area contributed by atoms with Gasteiger partial charge in [-0.05, 0) is 37.6 Å². The predicted molar refractivity (Wildman–Crippen MR) is 83.7 cm³/mol. The molecule has 2 unspecified atom stereocenters. The van der Waals surface area contributed by atoms with E-state index >= 15 is 0 Å². The highest BCUT2D eigenvalue weighted by atomic mass is 32.2. The summed E-state index contributed by atoms with van der Waals surface area (Å²) in [6.45, 7) is 4.25. The number of piperidine rings is 1. The van der Waals surface area contributed by atoms with Crippen molar-refractivity contribution in [3.05, 3.63) is 23.9 Å². The molecule has 0 spiro atoms. The molecular formula is C14H20N4O3S. The van der Waals surface area contributed by atoms with Crippen LogP contribution in [0.5, 0.6) is 0 Å². The van der Waals surface area contributed by atoms with Crippen molar-refractivity contribution < 1.29 is 13.2 Å². The molecule has 0 aromatic carbocycles. The zero-order valence-electron chi connectivity index (χ0n) is 12.4. The van der Waals surface area contributed by atoms with Crippen LogP contribution in [0.15, 0.2) is 28.3 Å². The van der Waals surface area contributed by atoms with Crippen molar-refractivity contribution in [3.8, 4) is 0 Å². The minimum Gasteiger partial charge on any atom is -0.349 e. The number of hydrogen-bond donors (Lipinski definition) is 2. The summed E-state index contributed by atoms with van der Waals surface area (Å²) in [6, 6.07) is 0.167. The third kappa shape index (κ3) is 3.22. The van der Waals surface area contributed by atoms with E-state index in [-0.39, 0.29) is 17.7 Å². The molecule has 3 aliphatic heterocycles. The van der Waals surface area contributed by atoms with Gasteiger partial charge in [0, 0.05) is 18.8 Å². The average molecular weight is 324 g/mol. The van der Waals surface area contributed by atoms with E-state index in [0.29, 0.717) is 23.9 Å². The fourth-order valence-corrected chi connectivity index (χ4v) is 3.78. The number of amidine groups is 1. The Labute approximate surface area is 130 Å². The van der Waals surface area contributed by atoms with Crippen LogP contribution in [0.4, 0.5) is 0 Å². The molecule has 0 radical (unpaired) electrons. The highest BCUT2D eigenvalue weighted by Crippen LogP contribution is 2.17. The molecular weight excluding hydrogens is 304 g/mol. The van der Waals surface area contributed by atoms with Gasteiger partial charge in [0.1, 0.15) is 5.84 Å². The van der Waals surface area contributed by atoms with Crippen molar-refractivity contribution in [2.75, 3.05) is 25.4 Å². The van der Waals surface area contributed by atoms with Crippen LogP contribution < -0.4 is 10.6 Å². The van der Waals surface area contributed by atoms with Crippen LogP contribution in [-0.2, 0) is 14.8 Å². The Morgan fingerprint density at radius 3 is 3.05 bits per heavy atom. The largest absolute Gasteiger partial charge is 0.349 e. The molecule has 120 valence electrons. The van der Waals surface area contributed by atoms with Gasteiger partial charge in [0.25, 0.3) is 15.9 Å². The molecule has 0 bridgehead atoms. The van der Waals surface area contributed by atoms with Crippen LogP contribution >= 0.6 is 0 Å². The molecule has 3 heterocycles. The maximum Gasteiger partial charge on any atom is 0.256 e. The molecule has 22 heavy (non-hydrogen) atoms. The third-order valence-corrected chi connectivity index (χ3v) is 5.35. The quantitative estimate of drug-likeness (QED) is 0.721. The summed E-state index contributed by atoms with van der Waals surface area (Å²) in [5, 5.41) is 6.37. The molecule has 2 N–H and O–H groups in total. The second-order valence-electron chi connectivity index (χ2n) is 5.90. The first-order valence-corrected chi connectivity index (χ1v) is 9.06. The van der Waals surface area contributed by atoms with Gasteiger partial charge >= 0.3 is 0 Å². The molecule has 8 heteroatoms. The highest BCUT2D eigenvalue weighted by Gasteiger charge is 2.27. The lowest BCUT2D eigenvalue weighted by atomic mass is 9.95. The summed E-state index contributed by atoms with van der Waals surface area (Å²) in [6.07, 6.45) is 5.79. The van der Waals surface area contributed by atoms with Crippen LogP contribution in [0.2, 0.25) is 0 Å². The van der Waals surface area contributed by atoms with E-state index in [4.69, 9.17) is 0 Å². The van der Waals surface area contributed by atoms with E-state index in [9.17, 15) is 13.2 Å². The molecule has 0 aromatic rings. The van der Waals surface area contributed by atoms with E-state index in [2.05, 4.69) is 22.0 Å². The van der Waals surface area contributed by atoms with Gasteiger partial charge < -0.3 is 15.5 Å². The van der Waals surface area contributed by atoms with Gasteiger partial charge in [-0.15, -0.1) is 4.40 Å². The Morgan fingerprint density at radius 2 is 2.27 bits per heavy atom. The monoisotopic (exact) mass is 324 g/mol. The molecule has 0 aromatic heterocycles. The van der Waals surface area contributed by atoms with E-state index in [1.54, 1.807) is 23.3 Å². The molecule has 2 atom stereocenters. The summed E-state index contributed by atoms with van der Waals surface area (Å²) < 4.78 is 26.6. The van der Waals surface area contributed by atoms with Gasteiger partial charge in [-0.3, -0.25) is 4.79 Å². The van der Waals surface area contributed by atoms with Crippen molar-refractivity contribution in [1.82, 2.24) is 15.5 Å². The second kappa shape index (κ2) is 5.85. The number of nitrogens with zero attached hydrogens (tertiary/aromatic N) is 2. The number of nitrogens with one attached hydrogen (secondary N) is 2. The molecule has 1 saturated heterocycles. The predicted octanol–water partition coefficient (Wildman–Crippen LogP) is -0.402. The van der Waals surface area contributed by atoms with Crippen molar-refractivity contribution in [2.45, 2.75) is 19.4 Å². The standard InChI is InChI=1S/C14H20N4O3S/c1-10-8-15-5-4-12(10)16-14(19)11-2-3-13-17-22(20,21)7-6-18(13)9-11/h2-3,9-10,12,15H,4-8H2,1H3,(H,16,19). The lowest BCUT2D eigenvalue weighted by Gasteiger charge is -2.31. The number of fused-ring (bicyclic) bond motifs is 1. The molecule has 1 fully saturated rings. The Kier molecular flexibility index (Phi) is 4.05. The van der Waals surface area contributed by atoms with E-state index in [0.717, 1.165) is 19.5 Å². The first kappa shape index (κ1) is 15.2. The highest BCUT2D eigenvalue weighted by molar-refractivity contribution is 7.90. The number of carbonyl (C=O) groups is 1. The zero-order valence-corrected chi connectivity index (χ0v) is 13.3. The molecule has 7 nitrogen and oxygen atoms in total. The Balaban J connectivity index is 1.70. The summed E-state index contributed by atoms with van der Waals surface area (Å²) in [4.78, 5) is 14.1. The first-order chi connectivity index (χ1) is 10.4. The van der Waals surface area contributed by atoms with E-state index in [1.807, 2.05) is 0 Å². The fraction of sp³-hybridized carbons (Fsp3) is 0.571. The average Bonchev–Trinajstić information content (AvgIpc) is 2.48. The van der Waals surface area contributed by atoms with Crippen molar-refractivity contribution in [1.29, 1.82) is 0 Å². The number of hydrogen-bond acceptors (Lipinski definition) is 5. The number of amides is 1.